The fourth-order valence-corrected chi connectivity index (χ4v) is 4.03. The van der Waals surface area contributed by atoms with E-state index in [1.807, 2.05) is 25.1 Å². The van der Waals surface area contributed by atoms with Crippen molar-refractivity contribution in [3.05, 3.63) is 62.3 Å². The predicted octanol–water partition coefficient (Wildman–Crippen LogP) is 2.66. The molecule has 0 spiro atoms. The molecule has 8 nitrogen and oxygen atoms in total. The zero-order valence-corrected chi connectivity index (χ0v) is 17.6. The predicted molar refractivity (Wildman–Crippen MR) is 115 cm³/mol. The molecule has 3 aromatic heterocycles. The van der Waals surface area contributed by atoms with Crippen LogP contribution in [0.2, 0.25) is 5.02 Å². The van der Waals surface area contributed by atoms with E-state index in [0.29, 0.717) is 33.0 Å². The molecule has 3 heterocycles. The number of thioether (sulfide) groups is 1. The largest absolute Gasteiger partial charge is 0.332 e. The van der Waals surface area contributed by atoms with Gasteiger partial charge in [0.2, 0.25) is 0 Å². The highest BCUT2D eigenvalue weighted by Crippen LogP contribution is 2.31. The van der Waals surface area contributed by atoms with Gasteiger partial charge in [-0.25, -0.2) is 9.78 Å². The molecule has 0 bridgehead atoms. The summed E-state index contributed by atoms with van der Waals surface area (Å²) in [5.74, 6) is 1.09. The second-order valence-electron chi connectivity index (χ2n) is 6.71. The molecule has 10 heteroatoms. The molecule has 0 aliphatic heterocycles. The average molecular weight is 429 g/mol. The van der Waals surface area contributed by atoms with Crippen molar-refractivity contribution in [3.8, 4) is 11.4 Å². The Labute approximate surface area is 174 Å². The summed E-state index contributed by atoms with van der Waals surface area (Å²) in [6, 6.07) is 7.23. The van der Waals surface area contributed by atoms with Crippen LogP contribution in [-0.2, 0) is 14.1 Å². The minimum absolute atomic E-state index is 0.222. The third kappa shape index (κ3) is 3.06. The zero-order valence-electron chi connectivity index (χ0n) is 16.0. The first-order valence-electron chi connectivity index (χ1n) is 8.68. The summed E-state index contributed by atoms with van der Waals surface area (Å²) in [5.41, 5.74) is 1.22. The lowest BCUT2D eigenvalue weighted by molar-refractivity contribution is 0.706. The molecule has 0 saturated heterocycles. The maximum Gasteiger partial charge on any atom is 0.332 e. The Morgan fingerprint density at radius 1 is 1.14 bits per heavy atom. The molecular weight excluding hydrogens is 412 g/mol. The highest BCUT2D eigenvalue weighted by molar-refractivity contribution is 7.99. The van der Waals surface area contributed by atoms with E-state index in [9.17, 15) is 9.59 Å². The first-order chi connectivity index (χ1) is 13.8. The number of benzene rings is 1. The van der Waals surface area contributed by atoms with Crippen molar-refractivity contribution in [2.75, 3.05) is 5.75 Å². The molecule has 4 aromatic rings. The van der Waals surface area contributed by atoms with Gasteiger partial charge in [0.15, 0.2) is 22.3 Å². The van der Waals surface area contributed by atoms with E-state index >= 15 is 0 Å². The molecule has 0 fully saturated rings. The zero-order chi connectivity index (χ0) is 20.9. The van der Waals surface area contributed by atoms with E-state index in [2.05, 4.69) is 21.8 Å². The van der Waals surface area contributed by atoms with E-state index in [1.165, 1.54) is 23.4 Å². The molecule has 0 amide bonds. The van der Waals surface area contributed by atoms with Gasteiger partial charge in [-0.05, 0) is 19.1 Å². The van der Waals surface area contributed by atoms with Crippen molar-refractivity contribution < 1.29 is 0 Å². The monoisotopic (exact) mass is 428 g/mol. The summed E-state index contributed by atoms with van der Waals surface area (Å²) in [6.07, 6.45) is 0. The fraction of sp³-hybridized carbons (Fsp3) is 0.211. The van der Waals surface area contributed by atoms with Crippen molar-refractivity contribution in [1.29, 1.82) is 0 Å². The van der Waals surface area contributed by atoms with Crippen molar-refractivity contribution in [2.24, 2.45) is 14.1 Å². The lowest BCUT2D eigenvalue weighted by Crippen LogP contribution is -2.37. The van der Waals surface area contributed by atoms with Gasteiger partial charge in [-0.2, -0.15) is 0 Å². The van der Waals surface area contributed by atoms with Gasteiger partial charge in [-0.15, -0.1) is 10.2 Å². The summed E-state index contributed by atoms with van der Waals surface area (Å²) >= 11 is 7.87. The number of halogens is 1. The van der Waals surface area contributed by atoms with Gasteiger partial charge < -0.3 is 0 Å². The van der Waals surface area contributed by atoms with Gasteiger partial charge >= 0.3 is 5.69 Å². The molecule has 0 unspecified atom stereocenters. The molecule has 0 aliphatic carbocycles. The summed E-state index contributed by atoms with van der Waals surface area (Å²) in [4.78, 5) is 30.0. The first-order valence-corrected chi connectivity index (χ1v) is 10.0. The van der Waals surface area contributed by atoms with Crippen molar-refractivity contribution in [2.45, 2.75) is 12.1 Å². The first kappa shape index (κ1) is 19.4. The number of hydrogen-bond acceptors (Lipinski definition) is 6. The second-order valence-corrected chi connectivity index (χ2v) is 8.06. The lowest BCUT2D eigenvalue weighted by atomic mass is 10.2. The molecule has 0 atom stereocenters. The van der Waals surface area contributed by atoms with Crippen LogP contribution in [0, 0.1) is 0 Å². The summed E-state index contributed by atoms with van der Waals surface area (Å²) in [5, 5.41) is 9.80. The number of nitrogens with zero attached hydrogens (tertiary/aromatic N) is 6. The summed E-state index contributed by atoms with van der Waals surface area (Å²) < 4.78 is 4.07. The van der Waals surface area contributed by atoms with Crippen LogP contribution >= 0.6 is 23.4 Å². The van der Waals surface area contributed by atoms with E-state index in [-0.39, 0.29) is 11.0 Å². The van der Waals surface area contributed by atoms with E-state index in [0.717, 1.165) is 10.1 Å². The highest BCUT2D eigenvalue weighted by atomic mass is 35.5. The molecule has 0 saturated carbocycles. The molecule has 0 N–H and O–H groups in total. The molecule has 0 radical (unpaired) electrons. The molecule has 0 aliphatic rings. The summed E-state index contributed by atoms with van der Waals surface area (Å²) in [6.45, 7) is 5.84. The Morgan fingerprint density at radius 2 is 1.86 bits per heavy atom. The van der Waals surface area contributed by atoms with Crippen LogP contribution in [0.25, 0.3) is 28.1 Å². The maximum atomic E-state index is 12.9. The molecule has 148 valence electrons. The quantitative estimate of drug-likeness (QED) is 0.367. The Bertz CT molecular complexity index is 1420. The number of rotatable bonds is 4. The number of fused-ring (bicyclic) bond motifs is 3. The smallest absolute Gasteiger partial charge is 0.280 e. The second kappa shape index (κ2) is 7.16. The van der Waals surface area contributed by atoms with Crippen molar-refractivity contribution in [3.63, 3.8) is 0 Å². The molecule has 4 rings (SSSR count). The Morgan fingerprint density at radius 3 is 2.55 bits per heavy atom. The van der Waals surface area contributed by atoms with Gasteiger partial charge in [-0.3, -0.25) is 18.3 Å². The maximum absolute atomic E-state index is 12.9. The van der Waals surface area contributed by atoms with Gasteiger partial charge in [0.25, 0.3) is 5.56 Å². The van der Waals surface area contributed by atoms with Gasteiger partial charge in [-0.1, -0.05) is 47.6 Å². The minimum atomic E-state index is -0.477. The van der Waals surface area contributed by atoms with Gasteiger partial charge in [0.1, 0.15) is 5.39 Å². The molecule has 1 aromatic carbocycles. The number of aryl methyl sites for hydroxylation is 1. The Kier molecular flexibility index (Phi) is 4.79. The molecular formula is C19H17ClN6O2S. The van der Waals surface area contributed by atoms with E-state index < -0.39 is 11.2 Å². The van der Waals surface area contributed by atoms with Gasteiger partial charge in [0.05, 0.1) is 5.02 Å². The topological polar surface area (TPSA) is 87.1 Å². The number of hydrogen-bond donors (Lipinski definition) is 0. The van der Waals surface area contributed by atoms with Crippen LogP contribution in [0.5, 0.6) is 0 Å². The SMILES string of the molecule is C=C(C)CSc1nnc2c3c(=O)n(C)c(=O)n(C)c3nc(-c3ccccc3Cl)n12. The Balaban J connectivity index is 2.21. The Hall–Kier alpha value is -2.91. The van der Waals surface area contributed by atoms with Gasteiger partial charge in [0, 0.05) is 25.4 Å². The van der Waals surface area contributed by atoms with Crippen LogP contribution in [-0.4, -0.2) is 34.5 Å². The van der Waals surface area contributed by atoms with Crippen LogP contribution in [0.1, 0.15) is 6.92 Å². The van der Waals surface area contributed by atoms with Crippen LogP contribution < -0.4 is 11.2 Å². The standard InChI is InChI=1S/C19H17ClN6O2S/c1-10(2)9-29-18-23-22-16-13-15(24(3)19(28)25(4)17(13)27)21-14(26(16)18)11-7-5-6-8-12(11)20/h5-8H,1,9H2,2-4H3. The third-order valence-electron chi connectivity index (χ3n) is 4.48. The lowest BCUT2D eigenvalue weighted by Gasteiger charge is -2.13. The normalized spacial score (nSPS) is 11.4. The third-order valence-corrected chi connectivity index (χ3v) is 5.97. The fourth-order valence-electron chi connectivity index (χ4n) is 3.04. The van der Waals surface area contributed by atoms with Crippen molar-refractivity contribution in [1.82, 2.24) is 28.7 Å². The van der Waals surface area contributed by atoms with Crippen molar-refractivity contribution >= 4 is 40.0 Å². The van der Waals surface area contributed by atoms with Crippen LogP contribution in [0.15, 0.2) is 51.2 Å². The molecule has 29 heavy (non-hydrogen) atoms. The minimum Gasteiger partial charge on any atom is -0.280 e. The highest BCUT2D eigenvalue weighted by Gasteiger charge is 2.22. The van der Waals surface area contributed by atoms with Crippen LogP contribution in [0.4, 0.5) is 0 Å². The average Bonchev–Trinajstić information content (AvgIpc) is 3.12. The van der Waals surface area contributed by atoms with E-state index in [1.54, 1.807) is 17.5 Å². The van der Waals surface area contributed by atoms with E-state index in [4.69, 9.17) is 11.6 Å². The van der Waals surface area contributed by atoms with Crippen LogP contribution in [0.3, 0.4) is 0 Å². The number of aromatic nitrogens is 6. The summed E-state index contributed by atoms with van der Waals surface area (Å²) in [7, 11) is 2.99.